The summed E-state index contributed by atoms with van der Waals surface area (Å²) in [7, 11) is 0. The molecule has 0 atom stereocenters. The monoisotopic (exact) mass is 449 g/mol. The molecule has 0 radical (unpaired) electrons. The number of hydrogen-bond donors (Lipinski definition) is 2. The molecule has 6 nitrogen and oxygen atoms in total. The van der Waals surface area contributed by atoms with E-state index in [2.05, 4.69) is 25.6 Å². The zero-order valence-corrected chi connectivity index (χ0v) is 17.4. The molecule has 0 unspecified atom stereocenters. The molecule has 0 aliphatic carbocycles. The second kappa shape index (κ2) is 9.07. The van der Waals surface area contributed by atoms with Crippen LogP contribution in [0.15, 0.2) is 79.3 Å². The number of rotatable bonds is 5. The van der Waals surface area contributed by atoms with Gasteiger partial charge in [-0.3, -0.25) is 9.78 Å². The number of pyridine rings is 1. The molecule has 2 N–H and O–H groups in total. The lowest BCUT2D eigenvalue weighted by atomic mass is 10.1. The molecule has 0 aliphatic heterocycles. The molecule has 0 aliphatic rings. The van der Waals surface area contributed by atoms with Crippen LogP contribution in [0.1, 0.15) is 21.5 Å². The lowest BCUT2D eigenvalue weighted by Crippen LogP contribution is -2.14. The lowest BCUT2D eigenvalue weighted by Gasteiger charge is -2.14. The van der Waals surface area contributed by atoms with Crippen LogP contribution in [0.25, 0.3) is 11.3 Å². The minimum Gasteiger partial charge on any atom is -0.322 e. The third-order valence-corrected chi connectivity index (χ3v) is 4.76. The van der Waals surface area contributed by atoms with Crippen LogP contribution >= 0.6 is 0 Å². The minimum atomic E-state index is -4.46. The molecule has 4 rings (SSSR count). The summed E-state index contributed by atoms with van der Waals surface area (Å²) in [4.78, 5) is 25.5. The first kappa shape index (κ1) is 21.9. The van der Waals surface area contributed by atoms with Gasteiger partial charge in [0.25, 0.3) is 5.91 Å². The molecule has 0 fully saturated rings. The Kier molecular flexibility index (Phi) is 6.03. The van der Waals surface area contributed by atoms with E-state index in [1.807, 2.05) is 19.1 Å². The van der Waals surface area contributed by atoms with E-state index in [4.69, 9.17) is 0 Å². The first-order chi connectivity index (χ1) is 15.8. The second-order valence-electron chi connectivity index (χ2n) is 7.21. The maximum absolute atomic E-state index is 12.8. The highest BCUT2D eigenvalue weighted by molar-refractivity contribution is 6.06. The molecule has 33 heavy (non-hydrogen) atoms. The first-order valence-electron chi connectivity index (χ1n) is 9.89. The van der Waals surface area contributed by atoms with Crippen molar-refractivity contribution in [3.63, 3.8) is 0 Å². The molecule has 1 amide bonds. The van der Waals surface area contributed by atoms with Crippen molar-refractivity contribution in [1.82, 2.24) is 15.0 Å². The Morgan fingerprint density at radius 3 is 2.42 bits per heavy atom. The van der Waals surface area contributed by atoms with Gasteiger partial charge in [-0.25, -0.2) is 9.97 Å². The Morgan fingerprint density at radius 2 is 1.73 bits per heavy atom. The standard InChI is InChI=1S/C24H18F3N5O/c1-15-4-9-20(30-22(33)16-5-7-18(8-6-16)24(25,26)27)21(13-15)32-23-29-12-10-19(31-23)17-3-2-11-28-14-17/h2-14H,1H3,(H,30,33)(H,29,31,32). The molecule has 2 aromatic heterocycles. The smallest absolute Gasteiger partial charge is 0.322 e. The normalized spacial score (nSPS) is 11.2. The summed E-state index contributed by atoms with van der Waals surface area (Å²) in [6.07, 6.45) is 0.498. The molecule has 166 valence electrons. The summed E-state index contributed by atoms with van der Waals surface area (Å²) in [5.41, 5.74) is 2.67. The average molecular weight is 449 g/mol. The summed E-state index contributed by atoms with van der Waals surface area (Å²) in [5.74, 6) is -0.229. The second-order valence-corrected chi connectivity index (χ2v) is 7.21. The topological polar surface area (TPSA) is 79.8 Å². The van der Waals surface area contributed by atoms with Crippen molar-refractivity contribution >= 4 is 23.2 Å². The van der Waals surface area contributed by atoms with E-state index in [9.17, 15) is 18.0 Å². The van der Waals surface area contributed by atoms with Crippen LogP contribution < -0.4 is 10.6 Å². The van der Waals surface area contributed by atoms with Gasteiger partial charge in [0.2, 0.25) is 5.95 Å². The first-order valence-corrected chi connectivity index (χ1v) is 9.89. The third-order valence-electron chi connectivity index (χ3n) is 4.76. The quantitative estimate of drug-likeness (QED) is 0.399. The highest BCUT2D eigenvalue weighted by Crippen LogP contribution is 2.30. The Labute approximate surface area is 187 Å². The summed E-state index contributed by atoms with van der Waals surface area (Å²) in [6.45, 7) is 1.89. The Bertz CT molecular complexity index is 1280. The van der Waals surface area contributed by atoms with E-state index in [0.717, 1.165) is 35.4 Å². The van der Waals surface area contributed by atoms with E-state index in [0.29, 0.717) is 23.0 Å². The van der Waals surface area contributed by atoms with Crippen molar-refractivity contribution in [2.24, 2.45) is 0 Å². The molecule has 2 heterocycles. The van der Waals surface area contributed by atoms with Gasteiger partial charge in [0, 0.05) is 29.7 Å². The molecular weight excluding hydrogens is 431 g/mol. The Hall–Kier alpha value is -4.27. The van der Waals surface area contributed by atoms with Crippen LogP contribution in [-0.2, 0) is 6.18 Å². The predicted octanol–water partition coefficient (Wildman–Crippen LogP) is 5.86. The lowest BCUT2D eigenvalue weighted by molar-refractivity contribution is -0.137. The van der Waals surface area contributed by atoms with Gasteiger partial charge in [0.05, 0.1) is 22.6 Å². The van der Waals surface area contributed by atoms with Gasteiger partial charge in [0.1, 0.15) is 0 Å². The van der Waals surface area contributed by atoms with Gasteiger partial charge in [0.15, 0.2) is 0 Å². The number of carbonyl (C=O) groups is 1. The molecule has 0 saturated carbocycles. The number of halogens is 3. The Morgan fingerprint density at radius 1 is 0.939 bits per heavy atom. The fourth-order valence-corrected chi connectivity index (χ4v) is 3.09. The van der Waals surface area contributed by atoms with Crippen molar-refractivity contribution in [1.29, 1.82) is 0 Å². The highest BCUT2D eigenvalue weighted by Gasteiger charge is 2.30. The molecule has 4 aromatic rings. The summed E-state index contributed by atoms with van der Waals surface area (Å²) in [6, 6.07) is 14.8. The summed E-state index contributed by atoms with van der Waals surface area (Å²) in [5, 5.41) is 5.83. The van der Waals surface area contributed by atoms with Crippen LogP contribution in [0.4, 0.5) is 30.5 Å². The van der Waals surface area contributed by atoms with Gasteiger partial charge in [-0.1, -0.05) is 6.07 Å². The van der Waals surface area contributed by atoms with Crippen LogP contribution in [0.2, 0.25) is 0 Å². The maximum Gasteiger partial charge on any atom is 0.416 e. The number of benzene rings is 2. The molecule has 0 saturated heterocycles. The Balaban J connectivity index is 1.57. The molecular formula is C24H18F3N5O. The molecule has 0 spiro atoms. The number of alkyl halides is 3. The predicted molar refractivity (Wildman–Crippen MR) is 119 cm³/mol. The largest absolute Gasteiger partial charge is 0.416 e. The molecule has 2 aromatic carbocycles. The number of amides is 1. The van der Waals surface area contributed by atoms with Gasteiger partial charge in [-0.2, -0.15) is 13.2 Å². The van der Waals surface area contributed by atoms with Crippen LogP contribution in [0.5, 0.6) is 0 Å². The van der Waals surface area contributed by atoms with Crippen molar-refractivity contribution < 1.29 is 18.0 Å². The number of hydrogen-bond acceptors (Lipinski definition) is 5. The van der Waals surface area contributed by atoms with E-state index >= 15 is 0 Å². The van der Waals surface area contributed by atoms with Crippen molar-refractivity contribution in [3.05, 3.63) is 95.9 Å². The van der Waals surface area contributed by atoms with Crippen molar-refractivity contribution in [3.8, 4) is 11.3 Å². The average Bonchev–Trinajstić information content (AvgIpc) is 2.81. The van der Waals surface area contributed by atoms with Gasteiger partial charge < -0.3 is 10.6 Å². The number of nitrogens with one attached hydrogen (secondary N) is 2. The number of aryl methyl sites for hydroxylation is 1. The van der Waals surface area contributed by atoms with Crippen LogP contribution in [-0.4, -0.2) is 20.9 Å². The van der Waals surface area contributed by atoms with Gasteiger partial charge in [-0.15, -0.1) is 0 Å². The maximum atomic E-state index is 12.8. The SMILES string of the molecule is Cc1ccc(NC(=O)c2ccc(C(F)(F)F)cc2)c(Nc2nccc(-c3cccnc3)n2)c1. The molecule has 0 bridgehead atoms. The van der Waals surface area contributed by atoms with E-state index in [1.54, 1.807) is 42.9 Å². The number of carbonyl (C=O) groups excluding carboxylic acids is 1. The van der Waals surface area contributed by atoms with Gasteiger partial charge in [-0.05, 0) is 67.1 Å². The van der Waals surface area contributed by atoms with E-state index < -0.39 is 17.6 Å². The minimum absolute atomic E-state index is 0.101. The number of anilines is 3. The zero-order chi connectivity index (χ0) is 23.4. The summed E-state index contributed by atoms with van der Waals surface area (Å²) >= 11 is 0. The van der Waals surface area contributed by atoms with Crippen molar-refractivity contribution in [2.45, 2.75) is 13.1 Å². The van der Waals surface area contributed by atoms with E-state index in [-0.39, 0.29) is 5.56 Å². The summed E-state index contributed by atoms with van der Waals surface area (Å²) < 4.78 is 38.3. The van der Waals surface area contributed by atoms with Crippen molar-refractivity contribution in [2.75, 3.05) is 10.6 Å². The highest BCUT2D eigenvalue weighted by atomic mass is 19.4. The fraction of sp³-hybridized carbons (Fsp3) is 0.0833. The van der Waals surface area contributed by atoms with Gasteiger partial charge >= 0.3 is 6.18 Å². The van der Waals surface area contributed by atoms with E-state index in [1.165, 1.54) is 0 Å². The molecule has 9 heteroatoms. The van der Waals surface area contributed by atoms with Crippen LogP contribution in [0, 0.1) is 6.92 Å². The van der Waals surface area contributed by atoms with Crippen LogP contribution in [0.3, 0.4) is 0 Å². The third kappa shape index (κ3) is 5.32. The fourth-order valence-electron chi connectivity index (χ4n) is 3.09. The number of aromatic nitrogens is 3. The number of nitrogens with zero attached hydrogens (tertiary/aromatic N) is 3. The zero-order valence-electron chi connectivity index (χ0n) is 17.4.